The Kier molecular flexibility index (Phi) is 3.60. The fourth-order valence-corrected chi connectivity index (χ4v) is 2.54. The molecule has 0 aliphatic rings. The number of nitrogens with zero attached hydrogens (tertiary/aromatic N) is 2. The minimum absolute atomic E-state index is 0.318. The summed E-state index contributed by atoms with van der Waals surface area (Å²) in [5.74, 6) is -0.318. The fourth-order valence-electron chi connectivity index (χ4n) is 2.54. The number of anilines is 1. The van der Waals surface area contributed by atoms with Crippen molar-refractivity contribution in [3.63, 3.8) is 0 Å². The molecule has 1 aromatic heterocycles. The van der Waals surface area contributed by atoms with Crippen LogP contribution in [0, 0.1) is 5.82 Å². The van der Waals surface area contributed by atoms with Crippen LogP contribution in [0.3, 0.4) is 0 Å². The first kappa shape index (κ1) is 13.6. The van der Waals surface area contributed by atoms with E-state index in [0.717, 1.165) is 29.7 Å². The first-order valence-electron chi connectivity index (χ1n) is 7.13. The molecule has 1 heterocycles. The molecule has 3 aromatic rings. The van der Waals surface area contributed by atoms with E-state index in [1.54, 1.807) is 6.07 Å². The Morgan fingerprint density at radius 1 is 1.05 bits per heavy atom. The Bertz CT molecular complexity index is 745. The number of benzene rings is 2. The third-order valence-corrected chi connectivity index (χ3v) is 3.70. The topological polar surface area (TPSA) is 29.3 Å². The van der Waals surface area contributed by atoms with Crippen LogP contribution >= 0.6 is 0 Å². The Hall–Kier alpha value is -2.36. The molecule has 0 atom stereocenters. The monoisotopic (exact) mass is 284 g/mol. The molecule has 0 aliphatic carbocycles. The van der Waals surface area contributed by atoms with Gasteiger partial charge in [0.25, 0.3) is 0 Å². The second kappa shape index (κ2) is 5.56. The maximum Gasteiger partial charge on any atom is 0.170 e. The van der Waals surface area contributed by atoms with Gasteiger partial charge in [-0.3, -0.25) is 0 Å². The number of aromatic nitrogens is 1. The first-order chi connectivity index (χ1) is 10.2. The molecule has 0 bridgehead atoms. The van der Waals surface area contributed by atoms with Crippen molar-refractivity contribution in [3.8, 4) is 11.3 Å². The highest BCUT2D eigenvalue weighted by atomic mass is 19.1. The molecule has 0 fully saturated rings. The minimum atomic E-state index is -0.318. The van der Waals surface area contributed by atoms with Gasteiger partial charge in [0.15, 0.2) is 5.58 Å². The van der Waals surface area contributed by atoms with Crippen LogP contribution in [0.2, 0.25) is 0 Å². The fraction of sp³-hybridized carbons (Fsp3) is 0.235. The zero-order chi connectivity index (χ0) is 14.8. The largest absolute Gasteiger partial charge is 0.372 e. The summed E-state index contributed by atoms with van der Waals surface area (Å²) >= 11 is 0. The molecular weight excluding hydrogens is 267 g/mol. The third kappa shape index (κ3) is 2.49. The van der Waals surface area contributed by atoms with Crippen molar-refractivity contribution in [2.45, 2.75) is 13.8 Å². The molecule has 0 saturated carbocycles. The van der Waals surface area contributed by atoms with E-state index < -0.39 is 0 Å². The number of hydrogen-bond acceptors (Lipinski definition) is 3. The summed E-state index contributed by atoms with van der Waals surface area (Å²) < 4.78 is 18.4. The van der Waals surface area contributed by atoms with Gasteiger partial charge in [-0.15, -0.1) is 0 Å². The van der Waals surface area contributed by atoms with Gasteiger partial charge in [-0.25, -0.2) is 4.39 Å². The van der Waals surface area contributed by atoms with Crippen molar-refractivity contribution in [1.82, 2.24) is 5.16 Å². The third-order valence-electron chi connectivity index (χ3n) is 3.70. The highest BCUT2D eigenvalue weighted by molar-refractivity contribution is 5.91. The summed E-state index contributed by atoms with van der Waals surface area (Å²) in [5, 5.41) is 4.89. The smallest absolute Gasteiger partial charge is 0.170 e. The lowest BCUT2D eigenvalue weighted by molar-refractivity contribution is 0.457. The predicted molar refractivity (Wildman–Crippen MR) is 83.0 cm³/mol. The van der Waals surface area contributed by atoms with E-state index in [1.807, 2.05) is 12.1 Å². The van der Waals surface area contributed by atoms with Crippen LogP contribution < -0.4 is 4.90 Å². The average molecular weight is 284 g/mol. The Morgan fingerprint density at radius 2 is 1.76 bits per heavy atom. The lowest BCUT2D eigenvalue weighted by Crippen LogP contribution is -2.21. The Balaban J connectivity index is 1.99. The molecule has 0 radical (unpaired) electrons. The SMILES string of the molecule is CCN(CC)c1ccc(-c2noc3cc(F)ccc23)cc1. The van der Waals surface area contributed by atoms with E-state index in [9.17, 15) is 4.39 Å². The van der Waals surface area contributed by atoms with E-state index in [4.69, 9.17) is 4.52 Å². The summed E-state index contributed by atoms with van der Waals surface area (Å²) in [6, 6.07) is 12.7. The van der Waals surface area contributed by atoms with Gasteiger partial charge < -0.3 is 9.42 Å². The lowest BCUT2D eigenvalue weighted by Gasteiger charge is -2.20. The van der Waals surface area contributed by atoms with Crippen LogP contribution in [0.4, 0.5) is 10.1 Å². The van der Waals surface area contributed by atoms with Crippen molar-refractivity contribution in [2.75, 3.05) is 18.0 Å². The van der Waals surface area contributed by atoms with Crippen LogP contribution in [0.1, 0.15) is 13.8 Å². The molecule has 0 aliphatic heterocycles. The van der Waals surface area contributed by atoms with E-state index in [0.29, 0.717) is 5.58 Å². The van der Waals surface area contributed by atoms with E-state index in [-0.39, 0.29) is 5.82 Å². The zero-order valence-electron chi connectivity index (χ0n) is 12.1. The number of fused-ring (bicyclic) bond motifs is 1. The van der Waals surface area contributed by atoms with Gasteiger partial charge in [-0.1, -0.05) is 17.3 Å². The van der Waals surface area contributed by atoms with Gasteiger partial charge in [0.1, 0.15) is 11.5 Å². The summed E-state index contributed by atoms with van der Waals surface area (Å²) in [5.41, 5.74) is 3.37. The van der Waals surface area contributed by atoms with Crippen molar-refractivity contribution in [3.05, 3.63) is 48.3 Å². The molecule has 21 heavy (non-hydrogen) atoms. The Morgan fingerprint density at radius 3 is 2.43 bits per heavy atom. The molecule has 0 unspecified atom stereocenters. The van der Waals surface area contributed by atoms with E-state index in [1.165, 1.54) is 17.8 Å². The maximum absolute atomic E-state index is 13.2. The molecule has 0 saturated heterocycles. The zero-order valence-corrected chi connectivity index (χ0v) is 12.1. The highest BCUT2D eigenvalue weighted by Gasteiger charge is 2.11. The predicted octanol–water partition coefficient (Wildman–Crippen LogP) is 4.48. The number of hydrogen-bond donors (Lipinski definition) is 0. The average Bonchev–Trinajstić information content (AvgIpc) is 2.92. The number of halogens is 1. The van der Waals surface area contributed by atoms with Gasteiger partial charge >= 0.3 is 0 Å². The lowest BCUT2D eigenvalue weighted by atomic mass is 10.1. The molecule has 3 nitrogen and oxygen atoms in total. The first-order valence-corrected chi connectivity index (χ1v) is 7.13. The van der Waals surface area contributed by atoms with Crippen molar-refractivity contribution in [1.29, 1.82) is 0 Å². The van der Waals surface area contributed by atoms with Gasteiger partial charge in [-0.05, 0) is 38.1 Å². The van der Waals surface area contributed by atoms with Gasteiger partial charge in [0.2, 0.25) is 0 Å². The molecule has 0 N–H and O–H groups in total. The molecule has 2 aromatic carbocycles. The van der Waals surface area contributed by atoms with Crippen LogP contribution in [0.25, 0.3) is 22.2 Å². The number of rotatable bonds is 4. The second-order valence-electron chi connectivity index (χ2n) is 4.89. The van der Waals surface area contributed by atoms with Crippen LogP contribution in [0.5, 0.6) is 0 Å². The van der Waals surface area contributed by atoms with Crippen LogP contribution in [-0.2, 0) is 0 Å². The van der Waals surface area contributed by atoms with Gasteiger partial charge in [0, 0.05) is 35.8 Å². The molecule has 108 valence electrons. The quantitative estimate of drug-likeness (QED) is 0.707. The van der Waals surface area contributed by atoms with Crippen LogP contribution in [-0.4, -0.2) is 18.2 Å². The molecular formula is C17H17FN2O. The van der Waals surface area contributed by atoms with Crippen molar-refractivity contribution < 1.29 is 8.91 Å². The molecule has 0 amide bonds. The van der Waals surface area contributed by atoms with Gasteiger partial charge in [-0.2, -0.15) is 0 Å². The molecule has 3 rings (SSSR count). The Labute approximate surface area is 123 Å². The van der Waals surface area contributed by atoms with Crippen molar-refractivity contribution in [2.24, 2.45) is 0 Å². The highest BCUT2D eigenvalue weighted by Crippen LogP contribution is 2.29. The van der Waals surface area contributed by atoms with E-state index >= 15 is 0 Å². The summed E-state index contributed by atoms with van der Waals surface area (Å²) in [4.78, 5) is 2.28. The summed E-state index contributed by atoms with van der Waals surface area (Å²) in [6.45, 7) is 6.22. The second-order valence-corrected chi connectivity index (χ2v) is 4.89. The standard InChI is InChI=1S/C17H17FN2O/c1-3-20(4-2)14-8-5-12(6-9-14)17-15-10-7-13(18)11-16(15)21-19-17/h5-11H,3-4H2,1-2H3. The molecule has 4 heteroatoms. The normalized spacial score (nSPS) is 11.0. The van der Waals surface area contributed by atoms with Gasteiger partial charge in [0.05, 0.1) is 0 Å². The van der Waals surface area contributed by atoms with Crippen molar-refractivity contribution >= 4 is 16.7 Å². The maximum atomic E-state index is 13.2. The molecule has 0 spiro atoms. The van der Waals surface area contributed by atoms with Crippen LogP contribution in [0.15, 0.2) is 47.0 Å². The summed E-state index contributed by atoms with van der Waals surface area (Å²) in [7, 11) is 0. The van der Waals surface area contributed by atoms with E-state index in [2.05, 4.69) is 36.0 Å². The minimum Gasteiger partial charge on any atom is -0.372 e. The summed E-state index contributed by atoms with van der Waals surface area (Å²) in [6.07, 6.45) is 0.